The fourth-order valence-corrected chi connectivity index (χ4v) is 2.62. The summed E-state index contributed by atoms with van der Waals surface area (Å²) >= 11 is 0. The topological polar surface area (TPSA) is 43.6 Å². The van der Waals surface area contributed by atoms with E-state index in [0.29, 0.717) is 13.1 Å². The van der Waals surface area contributed by atoms with E-state index in [2.05, 4.69) is 5.32 Å². The Labute approximate surface area is 151 Å². The van der Waals surface area contributed by atoms with Crippen LogP contribution in [-0.2, 0) is 13.1 Å². The van der Waals surface area contributed by atoms with E-state index in [0.717, 1.165) is 34.1 Å². The Morgan fingerprint density at radius 3 is 2.52 bits per heavy atom. The van der Waals surface area contributed by atoms with Gasteiger partial charge in [0.05, 0.1) is 6.54 Å². The summed E-state index contributed by atoms with van der Waals surface area (Å²) in [5.41, 5.74) is 1.97. The Bertz CT molecular complexity index is 848. The molecule has 0 aliphatic carbocycles. The van der Waals surface area contributed by atoms with Gasteiger partial charge in [-0.25, -0.2) is 4.39 Å². The van der Waals surface area contributed by atoms with Crippen LogP contribution in [0.3, 0.4) is 0 Å². The van der Waals surface area contributed by atoms with E-state index in [-0.39, 0.29) is 25.0 Å². The number of nitrogens with one attached hydrogen (secondary N) is 1. The van der Waals surface area contributed by atoms with Crippen LogP contribution in [0.5, 0.6) is 11.5 Å². The predicted octanol–water partition coefficient (Wildman–Crippen LogP) is 1.11. The largest absolute Gasteiger partial charge is 1.00 e. The third-order valence-corrected chi connectivity index (χ3v) is 3.86. The SMILES string of the molecule is Fc1ccc(-c2ccc(CNCc3ccc4c(c3)OCO4)o2)cc1.[Cl-]. The van der Waals surface area contributed by atoms with E-state index in [9.17, 15) is 4.39 Å². The lowest BCUT2D eigenvalue weighted by atomic mass is 10.2. The quantitative estimate of drug-likeness (QED) is 0.740. The van der Waals surface area contributed by atoms with E-state index in [1.54, 1.807) is 12.1 Å². The minimum Gasteiger partial charge on any atom is -1.00 e. The van der Waals surface area contributed by atoms with Gasteiger partial charge >= 0.3 is 0 Å². The summed E-state index contributed by atoms with van der Waals surface area (Å²) in [4.78, 5) is 0. The number of hydrogen-bond acceptors (Lipinski definition) is 4. The van der Waals surface area contributed by atoms with Gasteiger partial charge < -0.3 is 31.6 Å². The van der Waals surface area contributed by atoms with Crippen molar-refractivity contribution in [1.29, 1.82) is 0 Å². The second-order valence-electron chi connectivity index (χ2n) is 5.56. The minimum atomic E-state index is -0.254. The van der Waals surface area contributed by atoms with Crippen LogP contribution >= 0.6 is 0 Å². The van der Waals surface area contributed by atoms with Crippen molar-refractivity contribution >= 4 is 0 Å². The first-order valence-electron chi connectivity index (χ1n) is 7.72. The van der Waals surface area contributed by atoms with Crippen molar-refractivity contribution in [3.63, 3.8) is 0 Å². The number of fused-ring (bicyclic) bond motifs is 1. The maximum atomic E-state index is 13.0. The van der Waals surface area contributed by atoms with Gasteiger partial charge in [-0.1, -0.05) is 6.07 Å². The molecule has 1 aliphatic heterocycles. The lowest BCUT2D eigenvalue weighted by molar-refractivity contribution is -0.00000753. The number of hydrogen-bond donors (Lipinski definition) is 1. The molecule has 1 aliphatic rings. The predicted molar refractivity (Wildman–Crippen MR) is 87.2 cm³/mol. The molecule has 130 valence electrons. The number of benzene rings is 2. The van der Waals surface area contributed by atoms with Gasteiger partial charge in [0.2, 0.25) is 6.79 Å². The molecule has 4 nitrogen and oxygen atoms in total. The van der Waals surface area contributed by atoms with Crippen LogP contribution in [-0.4, -0.2) is 6.79 Å². The van der Waals surface area contributed by atoms with E-state index >= 15 is 0 Å². The summed E-state index contributed by atoms with van der Waals surface area (Å²) in [5.74, 6) is 2.88. The third kappa shape index (κ3) is 3.95. The zero-order chi connectivity index (χ0) is 16.4. The third-order valence-electron chi connectivity index (χ3n) is 3.86. The highest BCUT2D eigenvalue weighted by molar-refractivity contribution is 5.57. The van der Waals surface area contributed by atoms with Crippen LogP contribution in [0, 0.1) is 5.82 Å². The summed E-state index contributed by atoms with van der Waals surface area (Å²) in [6, 6.07) is 16.0. The molecule has 4 rings (SSSR count). The van der Waals surface area contributed by atoms with E-state index in [1.165, 1.54) is 12.1 Å². The maximum absolute atomic E-state index is 13.0. The van der Waals surface area contributed by atoms with Gasteiger partial charge in [0, 0.05) is 12.1 Å². The van der Waals surface area contributed by atoms with Gasteiger partial charge in [0.1, 0.15) is 17.3 Å². The molecule has 0 unspecified atom stereocenters. The number of rotatable bonds is 5. The maximum Gasteiger partial charge on any atom is 0.231 e. The fraction of sp³-hybridized carbons (Fsp3) is 0.158. The van der Waals surface area contributed by atoms with E-state index in [4.69, 9.17) is 13.9 Å². The highest BCUT2D eigenvalue weighted by Gasteiger charge is 2.13. The Morgan fingerprint density at radius 2 is 1.68 bits per heavy atom. The standard InChI is InChI=1S/C19H16FNO3.ClH/c20-15-4-2-14(3-5-15)17-8-6-16(24-17)11-21-10-13-1-7-18-19(9-13)23-12-22-18;/h1-9,21H,10-12H2;1H/p-1. The van der Waals surface area contributed by atoms with Crippen molar-refractivity contribution in [2.45, 2.75) is 13.1 Å². The van der Waals surface area contributed by atoms with Gasteiger partial charge in [-0.15, -0.1) is 0 Å². The molecule has 1 N–H and O–H groups in total. The van der Waals surface area contributed by atoms with Crippen molar-refractivity contribution in [3.05, 3.63) is 71.7 Å². The van der Waals surface area contributed by atoms with Crippen molar-refractivity contribution in [2.75, 3.05) is 6.79 Å². The first-order valence-corrected chi connectivity index (χ1v) is 7.72. The molecular formula is C19H16ClFNO3-. The zero-order valence-electron chi connectivity index (χ0n) is 13.3. The summed E-state index contributed by atoms with van der Waals surface area (Å²) in [7, 11) is 0. The molecule has 3 aromatic rings. The van der Waals surface area contributed by atoms with Gasteiger partial charge in [0.15, 0.2) is 11.5 Å². The Balaban J connectivity index is 0.00000182. The molecule has 1 aromatic heterocycles. The van der Waals surface area contributed by atoms with Gasteiger partial charge in [-0.3, -0.25) is 0 Å². The van der Waals surface area contributed by atoms with Crippen LogP contribution in [0.25, 0.3) is 11.3 Å². The number of ether oxygens (including phenoxy) is 2. The molecule has 2 aromatic carbocycles. The minimum absolute atomic E-state index is 0. The second kappa shape index (κ2) is 7.59. The highest BCUT2D eigenvalue weighted by atomic mass is 35.5. The Kier molecular flexibility index (Phi) is 5.26. The van der Waals surface area contributed by atoms with Crippen LogP contribution in [0.2, 0.25) is 0 Å². The highest BCUT2D eigenvalue weighted by Crippen LogP contribution is 2.32. The summed E-state index contributed by atoms with van der Waals surface area (Å²) < 4.78 is 29.4. The first kappa shape index (κ1) is 17.3. The number of halogens is 2. The molecule has 0 bridgehead atoms. The van der Waals surface area contributed by atoms with Crippen molar-refractivity contribution < 1.29 is 30.7 Å². The van der Waals surface area contributed by atoms with Crippen LogP contribution in [0.15, 0.2) is 59.0 Å². The monoisotopic (exact) mass is 360 g/mol. The Hall–Kier alpha value is -2.50. The van der Waals surface area contributed by atoms with E-state index < -0.39 is 0 Å². The lowest BCUT2D eigenvalue weighted by Crippen LogP contribution is -3.00. The fourth-order valence-electron chi connectivity index (χ4n) is 2.62. The molecule has 0 saturated heterocycles. The van der Waals surface area contributed by atoms with Crippen molar-refractivity contribution in [1.82, 2.24) is 5.32 Å². The first-order chi connectivity index (χ1) is 11.8. The molecule has 6 heteroatoms. The molecular weight excluding hydrogens is 345 g/mol. The van der Waals surface area contributed by atoms with Crippen LogP contribution in [0.4, 0.5) is 4.39 Å². The van der Waals surface area contributed by atoms with Crippen molar-refractivity contribution in [2.24, 2.45) is 0 Å². The van der Waals surface area contributed by atoms with Crippen LogP contribution < -0.4 is 27.2 Å². The molecule has 0 amide bonds. The average Bonchev–Trinajstić information content (AvgIpc) is 3.24. The smallest absolute Gasteiger partial charge is 0.231 e. The molecule has 2 heterocycles. The number of furan rings is 1. The summed E-state index contributed by atoms with van der Waals surface area (Å²) in [6.07, 6.45) is 0. The zero-order valence-corrected chi connectivity index (χ0v) is 14.1. The van der Waals surface area contributed by atoms with Gasteiger partial charge in [-0.2, -0.15) is 0 Å². The molecule has 0 radical (unpaired) electrons. The normalized spacial score (nSPS) is 12.0. The molecule has 0 saturated carbocycles. The second-order valence-corrected chi connectivity index (χ2v) is 5.56. The van der Waals surface area contributed by atoms with Crippen molar-refractivity contribution in [3.8, 4) is 22.8 Å². The molecule has 25 heavy (non-hydrogen) atoms. The van der Waals surface area contributed by atoms with E-state index in [1.807, 2.05) is 30.3 Å². The summed E-state index contributed by atoms with van der Waals surface area (Å²) in [5, 5.41) is 3.33. The van der Waals surface area contributed by atoms with Crippen LogP contribution in [0.1, 0.15) is 11.3 Å². The lowest BCUT2D eigenvalue weighted by Gasteiger charge is -2.04. The summed E-state index contributed by atoms with van der Waals surface area (Å²) in [6.45, 7) is 1.59. The molecule has 0 atom stereocenters. The van der Waals surface area contributed by atoms with Gasteiger partial charge in [0.25, 0.3) is 0 Å². The van der Waals surface area contributed by atoms with Gasteiger partial charge in [-0.05, 0) is 54.1 Å². The average molecular weight is 361 g/mol. The molecule has 0 fully saturated rings. The Morgan fingerprint density at radius 1 is 0.880 bits per heavy atom. The molecule has 0 spiro atoms.